The Kier molecular flexibility index (Phi) is 15.4. The SMILES string of the molecule is O=C[C@H](O)[C@@H](O)[C@H](O)[C@H](O)CO.[C-]#N.[Fe]. The molecule has 0 rings (SSSR count). The van der Waals surface area contributed by atoms with Crippen LogP contribution in [0.1, 0.15) is 0 Å². The fourth-order valence-electron chi connectivity index (χ4n) is 0.618. The van der Waals surface area contributed by atoms with E-state index in [0.717, 1.165) is 0 Å². The first-order valence-electron chi connectivity index (χ1n) is 3.55. The van der Waals surface area contributed by atoms with E-state index in [1.165, 1.54) is 0 Å². The van der Waals surface area contributed by atoms with Crippen LogP contribution in [0.4, 0.5) is 0 Å². The molecule has 5 N–H and O–H groups in total. The summed E-state index contributed by atoms with van der Waals surface area (Å²) in [7, 11) is 0. The van der Waals surface area contributed by atoms with Crippen molar-refractivity contribution in [3.63, 3.8) is 0 Å². The molecule has 0 aromatic heterocycles. The molecule has 0 bridgehead atoms. The largest absolute Gasteiger partial charge is 0.512 e. The van der Waals surface area contributed by atoms with Gasteiger partial charge in [-0.25, -0.2) is 0 Å². The Balaban J connectivity index is -0.000000449. The van der Waals surface area contributed by atoms with Crippen molar-refractivity contribution < 1.29 is 47.4 Å². The Hall–Kier alpha value is -0.521. The maximum absolute atomic E-state index is 9.90. The molecule has 7 nitrogen and oxygen atoms in total. The van der Waals surface area contributed by atoms with E-state index in [9.17, 15) is 4.79 Å². The number of hydrogen-bond acceptors (Lipinski definition) is 7. The van der Waals surface area contributed by atoms with Crippen LogP contribution in [0.5, 0.6) is 0 Å². The summed E-state index contributed by atoms with van der Waals surface area (Å²) in [5, 5.41) is 49.8. The summed E-state index contributed by atoms with van der Waals surface area (Å²) in [5.74, 6) is 0. The summed E-state index contributed by atoms with van der Waals surface area (Å²) < 4.78 is 0. The number of hydrogen-bond donors (Lipinski definition) is 5. The van der Waals surface area contributed by atoms with Gasteiger partial charge in [-0.15, -0.1) is 0 Å². The molecular weight excluding hydrogens is 250 g/mol. The van der Waals surface area contributed by atoms with Crippen molar-refractivity contribution in [2.45, 2.75) is 24.4 Å². The molecule has 0 saturated carbocycles. The maximum atomic E-state index is 9.90. The number of aliphatic hydroxyl groups excluding tert-OH is 5. The zero-order valence-corrected chi connectivity index (χ0v) is 8.64. The second-order valence-corrected chi connectivity index (χ2v) is 2.36. The second kappa shape index (κ2) is 11.6. The summed E-state index contributed by atoms with van der Waals surface area (Å²) in [5.41, 5.74) is 0. The van der Waals surface area contributed by atoms with Crippen molar-refractivity contribution >= 4 is 6.29 Å². The predicted octanol–water partition coefficient (Wildman–Crippen LogP) is -3.28. The molecule has 0 aliphatic rings. The van der Waals surface area contributed by atoms with Gasteiger partial charge in [0.1, 0.15) is 24.4 Å². The molecule has 0 unspecified atom stereocenters. The molecule has 0 heterocycles. The number of carbonyl (C=O) groups is 1. The summed E-state index contributed by atoms with van der Waals surface area (Å²) in [6.45, 7) is 3.99. The second-order valence-electron chi connectivity index (χ2n) is 2.36. The monoisotopic (exact) mass is 262 g/mol. The number of aliphatic hydroxyl groups is 5. The van der Waals surface area contributed by atoms with Gasteiger partial charge in [-0.05, 0) is 0 Å². The van der Waals surface area contributed by atoms with E-state index in [4.69, 9.17) is 37.4 Å². The third kappa shape index (κ3) is 7.41. The Morgan fingerprint density at radius 2 is 1.53 bits per heavy atom. The molecule has 8 heteroatoms. The third-order valence-electron chi connectivity index (χ3n) is 1.42. The zero-order chi connectivity index (χ0) is 11.7. The van der Waals surface area contributed by atoms with Crippen LogP contribution in [-0.4, -0.2) is 62.8 Å². The molecule has 0 amide bonds. The van der Waals surface area contributed by atoms with Gasteiger partial charge in [-0.2, -0.15) is 0 Å². The van der Waals surface area contributed by atoms with Crippen LogP contribution < -0.4 is 0 Å². The molecular formula is C7H12FeNO6-. The summed E-state index contributed by atoms with van der Waals surface area (Å²) >= 11 is 0. The first-order chi connectivity index (χ1) is 6.54. The Morgan fingerprint density at radius 1 is 1.13 bits per heavy atom. The number of nitrogens with zero attached hydrogens (tertiary/aromatic N) is 1. The van der Waals surface area contributed by atoms with Gasteiger partial charge >= 0.3 is 0 Å². The molecule has 90 valence electrons. The minimum absolute atomic E-state index is 0. The van der Waals surface area contributed by atoms with E-state index in [1.54, 1.807) is 0 Å². The van der Waals surface area contributed by atoms with Gasteiger partial charge in [0, 0.05) is 17.1 Å². The van der Waals surface area contributed by atoms with Gasteiger partial charge < -0.3 is 42.2 Å². The van der Waals surface area contributed by atoms with Crippen LogP contribution in [0.25, 0.3) is 0 Å². The van der Waals surface area contributed by atoms with Gasteiger partial charge in [0.05, 0.1) is 6.61 Å². The minimum atomic E-state index is -1.79. The van der Waals surface area contributed by atoms with Crippen molar-refractivity contribution in [3.8, 4) is 0 Å². The summed E-state index contributed by atoms with van der Waals surface area (Å²) in [4.78, 5) is 9.90. The van der Waals surface area contributed by atoms with Crippen molar-refractivity contribution in [3.05, 3.63) is 6.57 Å². The molecule has 15 heavy (non-hydrogen) atoms. The first-order valence-corrected chi connectivity index (χ1v) is 3.55. The molecule has 0 spiro atoms. The predicted molar refractivity (Wildman–Crippen MR) is 42.1 cm³/mol. The number of aldehydes is 1. The van der Waals surface area contributed by atoms with E-state index < -0.39 is 31.0 Å². The van der Waals surface area contributed by atoms with Crippen LogP contribution in [0.15, 0.2) is 0 Å². The van der Waals surface area contributed by atoms with Gasteiger partial charge in [-0.3, -0.25) is 0 Å². The normalized spacial score (nSPS) is 17.0. The Morgan fingerprint density at radius 3 is 1.80 bits per heavy atom. The quantitative estimate of drug-likeness (QED) is 0.198. The van der Waals surface area contributed by atoms with Crippen LogP contribution in [0.2, 0.25) is 0 Å². The molecule has 4 atom stereocenters. The average Bonchev–Trinajstić information content (AvgIpc) is 2.27. The minimum Gasteiger partial charge on any atom is -0.512 e. The fourth-order valence-corrected chi connectivity index (χ4v) is 0.618. The van der Waals surface area contributed by atoms with E-state index in [0.29, 0.717) is 0 Å². The molecule has 0 saturated heterocycles. The Bertz CT molecular complexity index is 178. The smallest absolute Gasteiger partial charge is 0.151 e. The van der Waals surface area contributed by atoms with Crippen molar-refractivity contribution in [2.75, 3.05) is 6.61 Å². The van der Waals surface area contributed by atoms with Gasteiger partial charge in [-0.1, -0.05) is 0 Å². The topological polar surface area (TPSA) is 142 Å². The van der Waals surface area contributed by atoms with E-state index in [2.05, 4.69) is 0 Å². The molecule has 0 fully saturated rings. The van der Waals surface area contributed by atoms with Crippen LogP contribution in [0, 0.1) is 11.8 Å². The third-order valence-corrected chi connectivity index (χ3v) is 1.42. The fraction of sp³-hybridized carbons (Fsp3) is 0.714. The van der Waals surface area contributed by atoms with Gasteiger partial charge in [0.2, 0.25) is 0 Å². The van der Waals surface area contributed by atoms with Crippen LogP contribution >= 0.6 is 0 Å². The van der Waals surface area contributed by atoms with E-state index in [-0.39, 0.29) is 23.4 Å². The standard InChI is InChI=1S/C6H12O6.CN.Fe/c7-1-3(9)5(11)6(12)4(10)2-8;1-2;/h1,3-6,8-12H,2H2;;/q;-1;/t3-,4+,5+,6+;;/m0../s1. The maximum Gasteiger partial charge on any atom is 0.151 e. The molecule has 0 radical (unpaired) electrons. The van der Waals surface area contributed by atoms with Crippen molar-refractivity contribution in [1.82, 2.24) is 0 Å². The van der Waals surface area contributed by atoms with E-state index >= 15 is 0 Å². The first kappa shape index (κ1) is 20.0. The Labute approximate surface area is 97.1 Å². The van der Waals surface area contributed by atoms with Crippen molar-refractivity contribution in [1.29, 1.82) is 5.26 Å². The number of carbonyl (C=O) groups excluding carboxylic acids is 1. The average molecular weight is 262 g/mol. The van der Waals surface area contributed by atoms with E-state index in [1.807, 2.05) is 0 Å². The zero-order valence-electron chi connectivity index (χ0n) is 7.54. The summed E-state index contributed by atoms with van der Waals surface area (Å²) in [6, 6.07) is 0. The number of rotatable bonds is 5. The molecule has 0 aromatic carbocycles. The van der Waals surface area contributed by atoms with Gasteiger partial charge in [0.15, 0.2) is 6.29 Å². The van der Waals surface area contributed by atoms with Crippen molar-refractivity contribution in [2.24, 2.45) is 0 Å². The molecule has 0 aliphatic carbocycles. The molecule has 0 aromatic rings. The van der Waals surface area contributed by atoms with Crippen LogP contribution in [-0.2, 0) is 21.9 Å². The van der Waals surface area contributed by atoms with Gasteiger partial charge in [0.25, 0.3) is 0 Å². The van der Waals surface area contributed by atoms with Crippen LogP contribution in [0.3, 0.4) is 0 Å². The molecule has 0 aliphatic heterocycles. The summed E-state index contributed by atoms with van der Waals surface area (Å²) in [6.07, 6.45) is -6.84.